The number of nitrogen functional groups attached to an aromatic ring is 1. The summed E-state index contributed by atoms with van der Waals surface area (Å²) in [6.07, 6.45) is 1.23. The number of aromatic carboxylic acids is 1. The first-order valence-corrected chi connectivity index (χ1v) is 6.32. The Bertz CT molecular complexity index is 648. The minimum absolute atomic E-state index is 0.0317. The zero-order valence-electron chi connectivity index (χ0n) is 10.4. The van der Waals surface area contributed by atoms with Crippen LogP contribution in [0.5, 0.6) is 0 Å². The van der Waals surface area contributed by atoms with Gasteiger partial charge in [0.2, 0.25) is 0 Å². The lowest BCUT2D eigenvalue weighted by molar-refractivity contribution is 0.0697. The minimum Gasteiger partial charge on any atom is -0.477 e. The van der Waals surface area contributed by atoms with Crippen LogP contribution < -0.4 is 5.73 Å². The summed E-state index contributed by atoms with van der Waals surface area (Å²) in [5.74, 6) is -0.746. The third kappa shape index (κ3) is 2.58. The van der Waals surface area contributed by atoms with Crippen molar-refractivity contribution >= 4 is 27.7 Å². The summed E-state index contributed by atoms with van der Waals surface area (Å²) in [4.78, 5) is 19.0. The van der Waals surface area contributed by atoms with Gasteiger partial charge in [0.25, 0.3) is 0 Å². The van der Waals surface area contributed by atoms with Crippen LogP contribution in [0.2, 0.25) is 0 Å². The molecule has 0 aliphatic rings. The van der Waals surface area contributed by atoms with Crippen LogP contribution in [0.25, 0.3) is 11.4 Å². The van der Waals surface area contributed by atoms with Gasteiger partial charge in [0.05, 0.1) is 0 Å². The van der Waals surface area contributed by atoms with Gasteiger partial charge in [0.15, 0.2) is 5.82 Å². The number of hydrogen-bond donors (Lipinski definition) is 2. The molecule has 3 N–H and O–H groups in total. The molecule has 0 unspecified atom stereocenters. The van der Waals surface area contributed by atoms with E-state index in [-0.39, 0.29) is 11.4 Å². The Labute approximate surface area is 118 Å². The average molecular weight is 322 g/mol. The molecule has 5 nitrogen and oxygen atoms in total. The highest BCUT2D eigenvalue weighted by Crippen LogP contribution is 2.27. The Kier molecular flexibility index (Phi) is 3.53. The number of aromatic nitrogens is 2. The maximum Gasteiger partial charge on any atom is 0.341 e. The van der Waals surface area contributed by atoms with E-state index >= 15 is 0 Å². The summed E-state index contributed by atoms with van der Waals surface area (Å²) < 4.78 is 1.03. The first kappa shape index (κ1) is 13.5. The number of carboxylic acids is 1. The molecular weight excluding hydrogens is 310 g/mol. The Morgan fingerprint density at radius 3 is 2.37 bits per heavy atom. The first-order valence-electron chi connectivity index (χ1n) is 5.53. The third-order valence-electron chi connectivity index (χ3n) is 2.74. The summed E-state index contributed by atoms with van der Waals surface area (Å²) in [5, 5.41) is 8.89. The van der Waals surface area contributed by atoms with E-state index < -0.39 is 5.97 Å². The van der Waals surface area contributed by atoms with Gasteiger partial charge in [-0.15, -0.1) is 0 Å². The van der Waals surface area contributed by atoms with Crippen molar-refractivity contribution in [2.75, 3.05) is 5.73 Å². The van der Waals surface area contributed by atoms with Gasteiger partial charge >= 0.3 is 5.97 Å². The molecule has 1 aromatic carbocycles. The molecule has 98 valence electrons. The van der Waals surface area contributed by atoms with E-state index in [2.05, 4.69) is 25.9 Å². The van der Waals surface area contributed by atoms with Gasteiger partial charge in [0, 0.05) is 16.2 Å². The van der Waals surface area contributed by atoms with E-state index in [0.29, 0.717) is 5.82 Å². The van der Waals surface area contributed by atoms with Gasteiger partial charge in [-0.05, 0) is 37.1 Å². The number of hydrogen-bond acceptors (Lipinski definition) is 4. The van der Waals surface area contributed by atoms with Gasteiger partial charge in [-0.25, -0.2) is 14.8 Å². The van der Waals surface area contributed by atoms with Crippen molar-refractivity contribution in [3.8, 4) is 11.4 Å². The van der Waals surface area contributed by atoms with Crippen molar-refractivity contribution in [1.82, 2.24) is 9.97 Å². The van der Waals surface area contributed by atoms with E-state index in [1.807, 2.05) is 26.0 Å². The van der Waals surface area contributed by atoms with Gasteiger partial charge in [-0.2, -0.15) is 0 Å². The minimum atomic E-state index is -1.13. The van der Waals surface area contributed by atoms with E-state index in [1.165, 1.54) is 6.20 Å². The lowest BCUT2D eigenvalue weighted by Gasteiger charge is -2.08. The van der Waals surface area contributed by atoms with Crippen LogP contribution in [0.3, 0.4) is 0 Å². The maximum absolute atomic E-state index is 10.9. The van der Waals surface area contributed by atoms with Crippen molar-refractivity contribution in [2.45, 2.75) is 13.8 Å². The summed E-state index contributed by atoms with van der Waals surface area (Å²) in [5.41, 5.74) is 8.45. The van der Waals surface area contributed by atoms with Crippen LogP contribution in [-0.4, -0.2) is 21.0 Å². The van der Waals surface area contributed by atoms with E-state index in [1.54, 1.807) is 0 Å². The predicted molar refractivity (Wildman–Crippen MR) is 76.0 cm³/mol. The summed E-state index contributed by atoms with van der Waals surface area (Å²) in [6.45, 7) is 3.94. The Morgan fingerprint density at radius 2 is 1.89 bits per heavy atom. The van der Waals surface area contributed by atoms with Crippen LogP contribution in [-0.2, 0) is 0 Å². The second-order valence-electron chi connectivity index (χ2n) is 4.22. The molecule has 6 heteroatoms. The molecule has 0 bridgehead atoms. The van der Waals surface area contributed by atoms with Crippen molar-refractivity contribution in [3.05, 3.63) is 39.5 Å². The van der Waals surface area contributed by atoms with Crippen LogP contribution in [0.1, 0.15) is 21.5 Å². The second kappa shape index (κ2) is 4.97. The van der Waals surface area contributed by atoms with Crippen LogP contribution >= 0.6 is 15.9 Å². The normalized spacial score (nSPS) is 10.5. The van der Waals surface area contributed by atoms with Crippen molar-refractivity contribution in [1.29, 1.82) is 0 Å². The van der Waals surface area contributed by atoms with Gasteiger partial charge in [0.1, 0.15) is 11.4 Å². The van der Waals surface area contributed by atoms with E-state index in [4.69, 9.17) is 10.8 Å². The highest BCUT2D eigenvalue weighted by molar-refractivity contribution is 9.10. The van der Waals surface area contributed by atoms with E-state index in [0.717, 1.165) is 21.2 Å². The van der Waals surface area contributed by atoms with E-state index in [9.17, 15) is 4.79 Å². The summed E-state index contributed by atoms with van der Waals surface area (Å²) in [7, 11) is 0. The van der Waals surface area contributed by atoms with Crippen molar-refractivity contribution < 1.29 is 9.90 Å². The topological polar surface area (TPSA) is 89.1 Å². The van der Waals surface area contributed by atoms with Gasteiger partial charge in [-0.1, -0.05) is 15.9 Å². The third-order valence-corrected chi connectivity index (χ3v) is 3.99. The number of carbonyl (C=O) groups is 1. The molecule has 2 rings (SSSR count). The van der Waals surface area contributed by atoms with Crippen molar-refractivity contribution in [3.63, 3.8) is 0 Å². The van der Waals surface area contributed by atoms with Gasteiger partial charge < -0.3 is 10.8 Å². The largest absolute Gasteiger partial charge is 0.477 e. The number of benzene rings is 1. The number of nitrogens with zero attached hydrogens (tertiary/aromatic N) is 2. The zero-order valence-corrected chi connectivity index (χ0v) is 12.0. The molecule has 19 heavy (non-hydrogen) atoms. The number of rotatable bonds is 2. The van der Waals surface area contributed by atoms with Crippen molar-refractivity contribution in [2.24, 2.45) is 0 Å². The number of halogens is 1. The summed E-state index contributed by atoms with van der Waals surface area (Å²) in [6, 6.07) is 3.85. The highest BCUT2D eigenvalue weighted by Gasteiger charge is 2.13. The smallest absolute Gasteiger partial charge is 0.341 e. The highest BCUT2D eigenvalue weighted by atomic mass is 79.9. The molecule has 0 atom stereocenters. The first-order chi connectivity index (χ1) is 8.90. The Balaban J connectivity index is 2.54. The molecular formula is C13H12BrN3O2. The molecule has 0 radical (unpaired) electrons. The fraction of sp³-hybridized carbons (Fsp3) is 0.154. The lowest BCUT2D eigenvalue weighted by Crippen LogP contribution is -2.06. The lowest BCUT2D eigenvalue weighted by atomic mass is 10.1. The molecule has 0 aliphatic heterocycles. The molecule has 1 heterocycles. The molecule has 0 aliphatic carbocycles. The molecule has 1 aromatic heterocycles. The molecule has 0 fully saturated rings. The maximum atomic E-state index is 10.9. The van der Waals surface area contributed by atoms with Crippen LogP contribution in [0.4, 0.5) is 5.82 Å². The fourth-order valence-electron chi connectivity index (χ4n) is 1.77. The summed E-state index contributed by atoms with van der Waals surface area (Å²) >= 11 is 3.49. The molecule has 0 saturated carbocycles. The van der Waals surface area contributed by atoms with Gasteiger partial charge in [-0.3, -0.25) is 0 Å². The number of anilines is 1. The molecule has 0 spiro atoms. The van der Waals surface area contributed by atoms with Crippen LogP contribution in [0.15, 0.2) is 22.8 Å². The average Bonchev–Trinajstić information content (AvgIpc) is 2.34. The Morgan fingerprint density at radius 1 is 1.32 bits per heavy atom. The zero-order chi connectivity index (χ0) is 14.2. The Hall–Kier alpha value is -1.95. The van der Waals surface area contributed by atoms with Crippen LogP contribution in [0, 0.1) is 13.8 Å². The molecule has 0 amide bonds. The number of nitrogens with two attached hydrogens (primary N) is 1. The fourth-order valence-corrected chi connectivity index (χ4v) is 2.00. The SMILES string of the molecule is Cc1cc(-c2ncc(C(=O)O)c(N)n2)cc(C)c1Br. The monoisotopic (exact) mass is 321 g/mol. The number of aryl methyl sites for hydroxylation is 2. The molecule has 2 aromatic rings. The molecule has 0 saturated heterocycles. The standard InChI is InChI=1S/C13H12BrN3O2/c1-6-3-8(4-7(2)10(6)14)12-16-5-9(13(18)19)11(15)17-12/h3-5H,1-2H3,(H,18,19)(H2,15,16,17). The predicted octanol–water partition coefficient (Wildman–Crippen LogP) is 2.80. The second-order valence-corrected chi connectivity index (χ2v) is 5.01. The number of carboxylic acid groups (broad SMARTS) is 1. The quantitative estimate of drug-likeness (QED) is 0.887.